The van der Waals surface area contributed by atoms with Crippen LogP contribution in [-0.4, -0.2) is 11.8 Å². The van der Waals surface area contributed by atoms with Gasteiger partial charge < -0.3 is 9.53 Å². The summed E-state index contributed by atoms with van der Waals surface area (Å²) in [5.74, 6) is -0.746. The average molecular weight is 296 g/mol. The van der Waals surface area contributed by atoms with Crippen LogP contribution in [-0.2, 0) is 27.4 Å². The van der Waals surface area contributed by atoms with Crippen molar-refractivity contribution in [3.63, 3.8) is 0 Å². The zero-order valence-electron chi connectivity index (χ0n) is 12.7. The van der Waals surface area contributed by atoms with E-state index in [2.05, 4.69) is 0 Å². The Morgan fingerprint density at radius 2 is 1.45 bits per heavy atom. The highest BCUT2D eigenvalue weighted by Gasteiger charge is 2.22. The summed E-state index contributed by atoms with van der Waals surface area (Å²) in [6, 6.07) is 19.2. The van der Waals surface area contributed by atoms with Crippen molar-refractivity contribution in [2.75, 3.05) is 0 Å². The van der Waals surface area contributed by atoms with Crippen molar-refractivity contribution in [2.45, 2.75) is 26.4 Å². The molecule has 0 aromatic heterocycles. The first-order chi connectivity index (χ1) is 10.6. The molecule has 0 spiro atoms. The van der Waals surface area contributed by atoms with Crippen molar-refractivity contribution < 1.29 is 14.3 Å². The van der Waals surface area contributed by atoms with Crippen molar-refractivity contribution in [1.82, 2.24) is 0 Å². The Balaban J connectivity index is 1.98. The van der Waals surface area contributed by atoms with Gasteiger partial charge >= 0.3 is 5.97 Å². The van der Waals surface area contributed by atoms with Crippen LogP contribution in [0.4, 0.5) is 0 Å². The number of carbonyl (C=O) groups is 2. The zero-order chi connectivity index (χ0) is 15.8. The zero-order valence-corrected chi connectivity index (χ0v) is 12.7. The van der Waals surface area contributed by atoms with Gasteiger partial charge in [-0.15, -0.1) is 0 Å². The summed E-state index contributed by atoms with van der Waals surface area (Å²) >= 11 is 0. The summed E-state index contributed by atoms with van der Waals surface area (Å²) in [5.41, 5.74) is 1.97. The highest BCUT2D eigenvalue weighted by atomic mass is 16.5. The van der Waals surface area contributed by atoms with Gasteiger partial charge in [0.25, 0.3) is 0 Å². The minimum atomic E-state index is -0.427. The van der Waals surface area contributed by atoms with Crippen LogP contribution in [0, 0.1) is 5.92 Å². The monoisotopic (exact) mass is 296 g/mol. The molecule has 114 valence electrons. The van der Waals surface area contributed by atoms with Gasteiger partial charge in [-0.25, -0.2) is 0 Å². The number of esters is 1. The molecule has 3 heteroatoms. The fraction of sp³-hybridized carbons (Fsp3) is 0.263. The predicted octanol–water partition coefficient (Wildman–Crippen LogP) is 3.57. The molecule has 2 aromatic rings. The van der Waals surface area contributed by atoms with Crippen LogP contribution in [0.3, 0.4) is 0 Å². The molecule has 1 atom stereocenters. The van der Waals surface area contributed by atoms with Gasteiger partial charge in [0, 0.05) is 6.42 Å². The first-order valence-electron chi connectivity index (χ1n) is 7.39. The fourth-order valence-electron chi connectivity index (χ4n) is 2.33. The largest absolute Gasteiger partial charge is 0.461 e. The molecule has 0 aliphatic carbocycles. The van der Waals surface area contributed by atoms with Gasteiger partial charge in [0.1, 0.15) is 12.4 Å². The molecule has 0 heterocycles. The van der Waals surface area contributed by atoms with Crippen LogP contribution >= 0.6 is 0 Å². The maximum absolute atomic E-state index is 12.3. The number of ketones is 1. The molecule has 0 saturated carbocycles. The Kier molecular flexibility index (Phi) is 5.90. The van der Waals surface area contributed by atoms with Crippen molar-refractivity contribution >= 4 is 11.8 Å². The number of benzene rings is 2. The quantitative estimate of drug-likeness (QED) is 0.734. The highest BCUT2D eigenvalue weighted by Crippen LogP contribution is 2.16. The Bertz CT molecular complexity index is 605. The molecule has 3 nitrogen and oxygen atoms in total. The molecule has 2 rings (SSSR count). The second-order valence-corrected chi connectivity index (χ2v) is 5.39. The molecule has 0 aliphatic heterocycles. The molecule has 0 N–H and O–H groups in total. The van der Waals surface area contributed by atoms with E-state index in [1.807, 2.05) is 60.7 Å². The van der Waals surface area contributed by atoms with Gasteiger partial charge in [0.15, 0.2) is 0 Å². The number of carbonyl (C=O) groups excluding carboxylic acids is 2. The summed E-state index contributed by atoms with van der Waals surface area (Å²) in [4.78, 5) is 23.7. The Hall–Kier alpha value is -2.42. The molecule has 0 aliphatic rings. The van der Waals surface area contributed by atoms with Crippen LogP contribution in [0.2, 0.25) is 0 Å². The van der Waals surface area contributed by atoms with Gasteiger partial charge in [-0.05, 0) is 24.5 Å². The maximum Gasteiger partial charge on any atom is 0.310 e. The van der Waals surface area contributed by atoms with Crippen LogP contribution in [0.1, 0.15) is 24.5 Å². The molecule has 0 unspecified atom stereocenters. The van der Waals surface area contributed by atoms with E-state index in [0.717, 1.165) is 11.1 Å². The van der Waals surface area contributed by atoms with Crippen LogP contribution in [0.5, 0.6) is 0 Å². The van der Waals surface area contributed by atoms with Crippen LogP contribution in [0.15, 0.2) is 60.7 Å². The number of hydrogen-bond acceptors (Lipinski definition) is 3. The second-order valence-electron chi connectivity index (χ2n) is 5.39. The molecule has 2 aromatic carbocycles. The Morgan fingerprint density at radius 1 is 0.909 bits per heavy atom. The molecular formula is C19H20O3. The van der Waals surface area contributed by atoms with Crippen molar-refractivity contribution in [2.24, 2.45) is 5.92 Å². The molecule has 22 heavy (non-hydrogen) atoms. The molecular weight excluding hydrogens is 276 g/mol. The molecule has 0 fully saturated rings. The fourth-order valence-corrected chi connectivity index (χ4v) is 2.33. The first kappa shape index (κ1) is 16.0. The van der Waals surface area contributed by atoms with Gasteiger partial charge in [-0.2, -0.15) is 0 Å². The Labute approximate surface area is 130 Å². The molecule has 0 amide bonds. The van der Waals surface area contributed by atoms with E-state index in [9.17, 15) is 9.59 Å². The number of ether oxygens (including phenoxy) is 1. The summed E-state index contributed by atoms with van der Waals surface area (Å²) in [6.45, 7) is 1.74. The Morgan fingerprint density at radius 3 is 2.00 bits per heavy atom. The van der Waals surface area contributed by atoms with Gasteiger partial charge in [-0.3, -0.25) is 4.79 Å². The summed E-state index contributed by atoms with van der Waals surface area (Å²) in [7, 11) is 0. The standard InChI is InChI=1S/C19H20O3/c1-15(20)12-18(13-16-8-4-2-5-9-16)19(21)22-14-17-10-6-3-7-11-17/h2-11,18H,12-14H2,1H3/t18-/m0/s1. The van der Waals surface area contributed by atoms with E-state index in [1.165, 1.54) is 6.92 Å². The van der Waals surface area contributed by atoms with Crippen molar-refractivity contribution in [1.29, 1.82) is 0 Å². The summed E-state index contributed by atoms with van der Waals surface area (Å²) in [6.07, 6.45) is 0.733. The first-order valence-corrected chi connectivity index (χ1v) is 7.39. The van der Waals surface area contributed by atoms with Gasteiger partial charge in [-0.1, -0.05) is 60.7 Å². The lowest BCUT2D eigenvalue weighted by molar-refractivity contribution is -0.151. The third kappa shape index (κ3) is 5.17. The van der Waals surface area contributed by atoms with Crippen molar-refractivity contribution in [3.05, 3.63) is 71.8 Å². The van der Waals surface area contributed by atoms with Gasteiger partial charge in [0.05, 0.1) is 5.92 Å². The van der Waals surface area contributed by atoms with E-state index in [1.54, 1.807) is 0 Å². The third-order valence-corrected chi connectivity index (χ3v) is 3.42. The summed E-state index contributed by atoms with van der Waals surface area (Å²) in [5, 5.41) is 0. The van der Waals surface area contributed by atoms with Crippen molar-refractivity contribution in [3.8, 4) is 0 Å². The topological polar surface area (TPSA) is 43.4 Å². The predicted molar refractivity (Wildman–Crippen MR) is 85.2 cm³/mol. The lowest BCUT2D eigenvalue weighted by Crippen LogP contribution is -2.22. The normalized spacial score (nSPS) is 11.7. The van der Waals surface area contributed by atoms with E-state index < -0.39 is 5.92 Å². The molecule has 0 bridgehead atoms. The summed E-state index contributed by atoms with van der Waals surface area (Å²) < 4.78 is 5.37. The smallest absolute Gasteiger partial charge is 0.310 e. The average Bonchev–Trinajstić information content (AvgIpc) is 2.53. The minimum Gasteiger partial charge on any atom is -0.461 e. The number of rotatable bonds is 7. The molecule has 0 saturated heterocycles. The number of Topliss-reactive ketones (excluding diaryl/α,β-unsaturated/α-hetero) is 1. The lowest BCUT2D eigenvalue weighted by atomic mass is 9.95. The highest BCUT2D eigenvalue weighted by molar-refractivity contribution is 5.83. The van der Waals surface area contributed by atoms with Crippen LogP contribution < -0.4 is 0 Å². The van der Waals surface area contributed by atoms with Crippen LogP contribution in [0.25, 0.3) is 0 Å². The maximum atomic E-state index is 12.3. The third-order valence-electron chi connectivity index (χ3n) is 3.42. The lowest BCUT2D eigenvalue weighted by Gasteiger charge is -2.15. The van der Waals surface area contributed by atoms with E-state index in [4.69, 9.17) is 4.74 Å². The van der Waals surface area contributed by atoms with Gasteiger partial charge in [0.2, 0.25) is 0 Å². The second kappa shape index (κ2) is 8.13. The van der Waals surface area contributed by atoms with E-state index >= 15 is 0 Å². The SMILES string of the molecule is CC(=O)C[C@@H](Cc1ccccc1)C(=O)OCc1ccccc1. The minimum absolute atomic E-state index is 0.00223. The van der Waals surface area contributed by atoms with E-state index in [-0.39, 0.29) is 24.8 Å². The molecule has 0 radical (unpaired) electrons. The van der Waals surface area contributed by atoms with E-state index in [0.29, 0.717) is 6.42 Å². The number of hydrogen-bond donors (Lipinski definition) is 0.